The molecule has 7 heteroatoms. The number of hydrogen-bond donors (Lipinski definition) is 2. The van der Waals surface area contributed by atoms with Crippen LogP contribution in [0.4, 0.5) is 0 Å². The van der Waals surface area contributed by atoms with Gasteiger partial charge in [-0.3, -0.25) is 9.59 Å². The molecule has 0 saturated carbocycles. The van der Waals surface area contributed by atoms with Crippen molar-refractivity contribution in [3.8, 4) is 0 Å². The molecule has 0 radical (unpaired) electrons. The van der Waals surface area contributed by atoms with Gasteiger partial charge in [0.05, 0.1) is 0 Å². The summed E-state index contributed by atoms with van der Waals surface area (Å²) in [7, 11) is 0. The van der Waals surface area contributed by atoms with Crippen LogP contribution in [0.5, 0.6) is 0 Å². The van der Waals surface area contributed by atoms with Crippen molar-refractivity contribution in [2.24, 2.45) is 5.92 Å². The molecule has 2 N–H and O–H groups in total. The van der Waals surface area contributed by atoms with Crippen LogP contribution in [0.15, 0.2) is 24.3 Å². The second kappa shape index (κ2) is 6.61. The average Bonchev–Trinajstić information content (AvgIpc) is 2.97. The lowest BCUT2D eigenvalue weighted by molar-refractivity contribution is -0.143. The number of aliphatic carboxylic acids is 1. The highest BCUT2D eigenvalue weighted by Gasteiger charge is 2.57. The zero-order valence-electron chi connectivity index (χ0n) is 15.4. The molecular formula is C19H24N2O4S. The number of carboxylic acids is 1. The Morgan fingerprint density at radius 2 is 1.96 bits per heavy atom. The van der Waals surface area contributed by atoms with Gasteiger partial charge < -0.3 is 15.3 Å². The fourth-order valence-electron chi connectivity index (χ4n) is 3.75. The molecule has 140 valence electrons. The highest BCUT2D eigenvalue weighted by Crippen LogP contribution is 2.56. The zero-order chi connectivity index (χ0) is 19.2. The van der Waals surface area contributed by atoms with Gasteiger partial charge in [0.1, 0.15) is 17.5 Å². The van der Waals surface area contributed by atoms with Crippen molar-refractivity contribution in [1.82, 2.24) is 10.2 Å². The Morgan fingerprint density at radius 3 is 2.58 bits per heavy atom. The number of carbonyl (C=O) groups is 3. The molecule has 0 unspecified atom stereocenters. The number of nitrogens with zero attached hydrogens (tertiary/aromatic N) is 1. The van der Waals surface area contributed by atoms with Crippen LogP contribution in [0.3, 0.4) is 0 Å². The summed E-state index contributed by atoms with van der Waals surface area (Å²) in [5.41, 5.74) is 1.54. The Morgan fingerprint density at radius 1 is 1.31 bits per heavy atom. The molecule has 2 aliphatic rings. The number of carbonyl (C=O) groups excluding carboxylic acids is 2. The molecule has 3 rings (SSSR count). The monoisotopic (exact) mass is 376 g/mol. The number of nitrogens with one attached hydrogen (secondary N) is 1. The molecule has 26 heavy (non-hydrogen) atoms. The standard InChI is InChI=1S/C19H24N2O4S/c1-10(2)9-13(18(24)25)20-15(22)14-19(3,4)26-17-12-8-6-5-7-11(12)16(23)21(14)17/h5-8,10,13-14,17H,9H2,1-4H3,(H,20,22)(H,24,25)/t13-,14-,17+/m0/s1. The Balaban J connectivity index is 1.88. The Bertz CT molecular complexity index is 762. The maximum Gasteiger partial charge on any atom is 0.326 e. The highest BCUT2D eigenvalue weighted by molar-refractivity contribution is 8.01. The van der Waals surface area contributed by atoms with Gasteiger partial charge in [0, 0.05) is 10.3 Å². The highest BCUT2D eigenvalue weighted by atomic mass is 32.2. The van der Waals surface area contributed by atoms with Crippen LogP contribution in [0.2, 0.25) is 0 Å². The van der Waals surface area contributed by atoms with Gasteiger partial charge in [-0.15, -0.1) is 11.8 Å². The summed E-state index contributed by atoms with van der Waals surface area (Å²) in [6, 6.07) is 5.72. The lowest BCUT2D eigenvalue weighted by Gasteiger charge is -2.30. The zero-order valence-corrected chi connectivity index (χ0v) is 16.2. The number of amides is 2. The summed E-state index contributed by atoms with van der Waals surface area (Å²) >= 11 is 1.57. The Hall–Kier alpha value is -2.02. The van der Waals surface area contributed by atoms with Crippen molar-refractivity contribution in [3.05, 3.63) is 35.4 Å². The molecule has 6 nitrogen and oxygen atoms in total. The molecule has 1 aromatic carbocycles. The van der Waals surface area contributed by atoms with Crippen LogP contribution >= 0.6 is 11.8 Å². The van der Waals surface area contributed by atoms with E-state index in [4.69, 9.17) is 0 Å². The number of carboxylic acid groups (broad SMARTS) is 1. The number of benzene rings is 1. The third-order valence-corrected chi connectivity index (χ3v) is 6.40. The number of fused-ring (bicyclic) bond motifs is 3. The quantitative estimate of drug-likeness (QED) is 0.825. The lowest BCUT2D eigenvalue weighted by Crippen LogP contribution is -2.55. The Labute approximate surface area is 157 Å². The minimum Gasteiger partial charge on any atom is -0.480 e. The van der Waals surface area contributed by atoms with E-state index >= 15 is 0 Å². The smallest absolute Gasteiger partial charge is 0.326 e. The van der Waals surface area contributed by atoms with Crippen LogP contribution in [0.1, 0.15) is 55.4 Å². The first-order valence-electron chi connectivity index (χ1n) is 8.76. The summed E-state index contributed by atoms with van der Waals surface area (Å²) in [4.78, 5) is 39.0. The first kappa shape index (κ1) is 18.8. The summed E-state index contributed by atoms with van der Waals surface area (Å²) < 4.78 is -0.515. The van der Waals surface area contributed by atoms with E-state index in [1.54, 1.807) is 22.7 Å². The number of thioether (sulfide) groups is 1. The molecule has 1 fully saturated rings. The maximum atomic E-state index is 13.0. The minimum absolute atomic E-state index is 0.132. The largest absolute Gasteiger partial charge is 0.480 e. The fraction of sp³-hybridized carbons (Fsp3) is 0.526. The van der Waals surface area contributed by atoms with Gasteiger partial charge in [0.15, 0.2) is 0 Å². The average molecular weight is 376 g/mol. The van der Waals surface area contributed by atoms with Gasteiger partial charge >= 0.3 is 5.97 Å². The summed E-state index contributed by atoms with van der Waals surface area (Å²) in [5, 5.41) is 11.9. The molecule has 0 bridgehead atoms. The molecule has 1 aromatic rings. The topological polar surface area (TPSA) is 86.7 Å². The van der Waals surface area contributed by atoms with Crippen LogP contribution in [-0.2, 0) is 9.59 Å². The minimum atomic E-state index is -1.05. The number of rotatable bonds is 5. The van der Waals surface area contributed by atoms with Crippen LogP contribution < -0.4 is 5.32 Å². The van der Waals surface area contributed by atoms with Crippen molar-refractivity contribution >= 4 is 29.5 Å². The van der Waals surface area contributed by atoms with E-state index in [9.17, 15) is 19.5 Å². The second-order valence-corrected chi connectivity index (χ2v) is 9.54. The van der Waals surface area contributed by atoms with E-state index in [2.05, 4.69) is 5.32 Å². The van der Waals surface area contributed by atoms with E-state index in [-0.39, 0.29) is 17.2 Å². The van der Waals surface area contributed by atoms with Crippen molar-refractivity contribution in [1.29, 1.82) is 0 Å². The van der Waals surface area contributed by atoms with E-state index in [1.165, 1.54) is 0 Å². The predicted molar refractivity (Wildman–Crippen MR) is 99.8 cm³/mol. The van der Waals surface area contributed by atoms with Gasteiger partial charge in [-0.25, -0.2) is 4.79 Å². The third kappa shape index (κ3) is 3.09. The SMILES string of the molecule is CC(C)C[C@H](NC(=O)[C@@H]1N2C(=O)c3ccccc3[C@H]2SC1(C)C)C(=O)O. The van der Waals surface area contributed by atoms with Crippen LogP contribution in [-0.4, -0.2) is 44.6 Å². The predicted octanol–water partition coefficient (Wildman–Crippen LogP) is 2.65. The summed E-state index contributed by atoms with van der Waals surface area (Å²) in [6.45, 7) is 7.67. The van der Waals surface area contributed by atoms with Gasteiger partial charge in [-0.2, -0.15) is 0 Å². The third-order valence-electron chi connectivity index (χ3n) is 4.87. The van der Waals surface area contributed by atoms with Gasteiger partial charge in [-0.05, 0) is 37.8 Å². The second-order valence-electron chi connectivity index (χ2n) is 7.80. The van der Waals surface area contributed by atoms with Crippen molar-refractivity contribution in [3.63, 3.8) is 0 Å². The summed E-state index contributed by atoms with van der Waals surface area (Å²) in [5.74, 6) is -1.49. The molecule has 3 atom stereocenters. The van der Waals surface area contributed by atoms with Gasteiger partial charge in [0.25, 0.3) is 5.91 Å². The first-order valence-corrected chi connectivity index (χ1v) is 9.64. The lowest BCUT2D eigenvalue weighted by atomic mass is 9.98. The van der Waals surface area contributed by atoms with E-state index in [1.807, 2.05) is 45.9 Å². The Kier molecular flexibility index (Phi) is 4.77. The molecular weight excluding hydrogens is 352 g/mol. The first-order chi connectivity index (χ1) is 12.1. The van der Waals surface area contributed by atoms with Gasteiger partial charge in [-0.1, -0.05) is 32.0 Å². The fourth-order valence-corrected chi connectivity index (χ4v) is 5.34. The molecule has 2 aliphatic heterocycles. The number of hydrogen-bond acceptors (Lipinski definition) is 4. The van der Waals surface area contributed by atoms with E-state index < -0.39 is 28.7 Å². The maximum absolute atomic E-state index is 13.0. The van der Waals surface area contributed by atoms with Crippen molar-refractivity contribution in [2.75, 3.05) is 0 Å². The van der Waals surface area contributed by atoms with Crippen molar-refractivity contribution in [2.45, 2.75) is 56.3 Å². The van der Waals surface area contributed by atoms with E-state index in [0.29, 0.717) is 12.0 Å². The van der Waals surface area contributed by atoms with E-state index in [0.717, 1.165) is 5.56 Å². The van der Waals surface area contributed by atoms with Crippen molar-refractivity contribution < 1.29 is 19.5 Å². The molecule has 1 saturated heterocycles. The molecule has 0 spiro atoms. The van der Waals surface area contributed by atoms with Crippen LogP contribution in [0, 0.1) is 5.92 Å². The van der Waals surface area contributed by atoms with Crippen LogP contribution in [0.25, 0.3) is 0 Å². The molecule has 0 aromatic heterocycles. The summed E-state index contributed by atoms with van der Waals surface area (Å²) in [6.07, 6.45) is 0.346. The van der Waals surface area contributed by atoms with Gasteiger partial charge in [0.2, 0.25) is 5.91 Å². The molecule has 2 amide bonds. The normalized spacial score (nSPS) is 24.3. The molecule has 0 aliphatic carbocycles. The molecule has 2 heterocycles.